The minimum Gasteiger partial charge on any atom is -0.478 e. The summed E-state index contributed by atoms with van der Waals surface area (Å²) in [6.07, 6.45) is 2.94. The van der Waals surface area contributed by atoms with Crippen molar-refractivity contribution in [1.29, 1.82) is 0 Å². The molecule has 1 aromatic rings. The summed E-state index contributed by atoms with van der Waals surface area (Å²) in [4.78, 5) is 14.5. The second-order valence-electron chi connectivity index (χ2n) is 3.43. The predicted octanol–water partition coefficient (Wildman–Crippen LogP) is 0.959. The normalized spacial score (nSPS) is 14.1. The second-order valence-corrected chi connectivity index (χ2v) is 5.23. The van der Waals surface area contributed by atoms with E-state index >= 15 is 0 Å². The second kappa shape index (κ2) is 5.60. The van der Waals surface area contributed by atoms with Crippen molar-refractivity contribution in [2.24, 2.45) is 0 Å². The fraction of sp³-hybridized carbons (Fsp3) is 0.400. The summed E-state index contributed by atoms with van der Waals surface area (Å²) < 4.78 is 11.1. The quantitative estimate of drug-likeness (QED) is 0.804. The Hall–Kier alpha value is -1.43. The molecule has 0 saturated heterocycles. The van der Waals surface area contributed by atoms with E-state index < -0.39 is 16.8 Å². The first kappa shape index (κ1) is 12.6. The van der Waals surface area contributed by atoms with Gasteiger partial charge in [-0.3, -0.25) is 4.21 Å². The topological polar surface area (TPSA) is 79.3 Å². The van der Waals surface area contributed by atoms with Crippen LogP contribution in [0.5, 0.6) is 0 Å². The smallest absolute Gasteiger partial charge is 0.337 e. The van der Waals surface area contributed by atoms with Gasteiger partial charge >= 0.3 is 5.97 Å². The number of carboxylic acid groups (broad SMARTS) is 1. The first-order valence-corrected chi connectivity index (χ1v) is 6.38. The molecule has 88 valence electrons. The van der Waals surface area contributed by atoms with E-state index in [1.807, 2.05) is 6.92 Å². The van der Waals surface area contributed by atoms with Crippen molar-refractivity contribution in [2.75, 3.05) is 18.1 Å². The third-order valence-electron chi connectivity index (χ3n) is 2.15. The first-order valence-electron chi connectivity index (χ1n) is 4.76. The summed E-state index contributed by atoms with van der Waals surface area (Å²) in [5.41, 5.74) is 0.151. The van der Waals surface area contributed by atoms with Crippen LogP contribution >= 0.6 is 0 Å². The molecular weight excluding hydrogens is 228 g/mol. The largest absolute Gasteiger partial charge is 0.478 e. The van der Waals surface area contributed by atoms with E-state index in [4.69, 9.17) is 5.11 Å². The van der Waals surface area contributed by atoms with Crippen LogP contribution in [0.15, 0.2) is 18.3 Å². The van der Waals surface area contributed by atoms with E-state index in [1.165, 1.54) is 12.3 Å². The Morgan fingerprint density at radius 2 is 2.31 bits per heavy atom. The molecule has 16 heavy (non-hydrogen) atoms. The lowest BCUT2D eigenvalue weighted by molar-refractivity contribution is 0.0696. The van der Waals surface area contributed by atoms with Gasteiger partial charge in [0.25, 0.3) is 0 Å². The van der Waals surface area contributed by atoms with E-state index in [0.29, 0.717) is 12.4 Å². The zero-order valence-electron chi connectivity index (χ0n) is 9.14. The zero-order chi connectivity index (χ0) is 12.1. The number of hydrogen-bond donors (Lipinski definition) is 2. The van der Waals surface area contributed by atoms with Crippen LogP contribution in [0.3, 0.4) is 0 Å². The van der Waals surface area contributed by atoms with Crippen LogP contribution in [-0.4, -0.2) is 38.3 Å². The van der Waals surface area contributed by atoms with Gasteiger partial charge in [0.15, 0.2) is 0 Å². The number of aromatic nitrogens is 1. The molecule has 0 bridgehead atoms. The average Bonchev–Trinajstić information content (AvgIpc) is 2.26. The van der Waals surface area contributed by atoms with Gasteiger partial charge in [-0.15, -0.1) is 0 Å². The monoisotopic (exact) mass is 242 g/mol. The molecule has 0 radical (unpaired) electrons. The van der Waals surface area contributed by atoms with Crippen molar-refractivity contribution in [2.45, 2.75) is 12.2 Å². The SMILES string of the molecule is CC(CNc1ccc(C(=O)O)cn1)S(C)=O. The molecule has 0 aliphatic heterocycles. The van der Waals surface area contributed by atoms with Crippen molar-refractivity contribution >= 4 is 22.6 Å². The van der Waals surface area contributed by atoms with E-state index in [1.54, 1.807) is 12.3 Å². The van der Waals surface area contributed by atoms with Crippen molar-refractivity contribution in [3.8, 4) is 0 Å². The van der Waals surface area contributed by atoms with Gasteiger partial charge in [-0.25, -0.2) is 9.78 Å². The Morgan fingerprint density at radius 1 is 1.62 bits per heavy atom. The number of nitrogens with zero attached hydrogens (tertiary/aromatic N) is 1. The number of carboxylic acids is 1. The number of hydrogen-bond acceptors (Lipinski definition) is 4. The Bertz CT molecular complexity index is 392. The molecule has 2 unspecified atom stereocenters. The predicted molar refractivity (Wildman–Crippen MR) is 63.2 cm³/mol. The molecule has 0 aliphatic rings. The highest BCUT2D eigenvalue weighted by Crippen LogP contribution is 2.05. The standard InChI is InChI=1S/C10H14N2O3S/c1-7(16(2)15)5-11-9-4-3-8(6-12-9)10(13)14/h3-4,6-7H,5H2,1-2H3,(H,11,12)(H,13,14). The fourth-order valence-electron chi connectivity index (χ4n) is 0.991. The van der Waals surface area contributed by atoms with Gasteiger partial charge in [0, 0.05) is 35.0 Å². The van der Waals surface area contributed by atoms with Gasteiger partial charge < -0.3 is 10.4 Å². The number of pyridine rings is 1. The van der Waals surface area contributed by atoms with Crippen molar-refractivity contribution in [1.82, 2.24) is 4.98 Å². The molecule has 1 rings (SSSR count). The lowest BCUT2D eigenvalue weighted by Crippen LogP contribution is -2.21. The van der Waals surface area contributed by atoms with E-state index in [0.717, 1.165) is 0 Å². The van der Waals surface area contributed by atoms with Gasteiger partial charge in [-0.2, -0.15) is 0 Å². The zero-order valence-corrected chi connectivity index (χ0v) is 9.95. The van der Waals surface area contributed by atoms with Crippen LogP contribution in [0.1, 0.15) is 17.3 Å². The summed E-state index contributed by atoms with van der Waals surface area (Å²) in [6.45, 7) is 2.41. The van der Waals surface area contributed by atoms with Gasteiger partial charge in [0.1, 0.15) is 5.82 Å². The molecule has 0 aromatic carbocycles. The number of nitrogens with one attached hydrogen (secondary N) is 1. The van der Waals surface area contributed by atoms with Gasteiger partial charge in [0.05, 0.1) is 5.56 Å². The van der Waals surface area contributed by atoms with E-state index in [2.05, 4.69) is 10.3 Å². The number of rotatable bonds is 5. The summed E-state index contributed by atoms with van der Waals surface area (Å²) in [7, 11) is -0.880. The van der Waals surface area contributed by atoms with Crippen LogP contribution in [0.4, 0.5) is 5.82 Å². The lowest BCUT2D eigenvalue weighted by atomic mass is 10.3. The first-order chi connectivity index (χ1) is 7.50. The average molecular weight is 242 g/mol. The molecular formula is C10H14N2O3S. The Balaban J connectivity index is 2.56. The molecule has 1 heterocycles. The van der Waals surface area contributed by atoms with E-state index in [9.17, 15) is 9.00 Å². The molecule has 1 aromatic heterocycles. The van der Waals surface area contributed by atoms with Crippen molar-refractivity contribution in [3.63, 3.8) is 0 Å². The summed E-state index contributed by atoms with van der Waals surface area (Å²) >= 11 is 0. The summed E-state index contributed by atoms with van der Waals surface area (Å²) in [5.74, 6) is -0.413. The van der Waals surface area contributed by atoms with Crippen LogP contribution in [0, 0.1) is 0 Å². The molecule has 0 aliphatic carbocycles. The molecule has 2 atom stereocenters. The highest BCUT2D eigenvalue weighted by Gasteiger charge is 2.06. The Morgan fingerprint density at radius 3 is 2.75 bits per heavy atom. The minimum atomic E-state index is -0.998. The lowest BCUT2D eigenvalue weighted by Gasteiger charge is -2.10. The highest BCUT2D eigenvalue weighted by molar-refractivity contribution is 7.84. The van der Waals surface area contributed by atoms with Gasteiger partial charge in [0.2, 0.25) is 0 Å². The Kier molecular flexibility index (Phi) is 4.42. The third kappa shape index (κ3) is 3.62. The fourth-order valence-corrected chi connectivity index (χ4v) is 1.31. The molecule has 0 fully saturated rings. The van der Waals surface area contributed by atoms with E-state index in [-0.39, 0.29) is 10.8 Å². The number of anilines is 1. The number of aromatic carboxylic acids is 1. The van der Waals surface area contributed by atoms with Crippen molar-refractivity contribution < 1.29 is 14.1 Å². The maximum atomic E-state index is 11.1. The summed E-state index contributed by atoms with van der Waals surface area (Å²) in [6, 6.07) is 3.07. The van der Waals surface area contributed by atoms with Crippen LogP contribution in [-0.2, 0) is 10.8 Å². The molecule has 5 nitrogen and oxygen atoms in total. The minimum absolute atomic E-state index is 0.0287. The third-order valence-corrected chi connectivity index (χ3v) is 3.45. The van der Waals surface area contributed by atoms with Gasteiger partial charge in [-0.1, -0.05) is 0 Å². The van der Waals surface area contributed by atoms with Crippen LogP contribution < -0.4 is 5.32 Å². The van der Waals surface area contributed by atoms with Crippen LogP contribution in [0.2, 0.25) is 0 Å². The molecule has 2 N–H and O–H groups in total. The molecule has 6 heteroatoms. The highest BCUT2D eigenvalue weighted by atomic mass is 32.2. The molecule has 0 amide bonds. The molecule has 0 spiro atoms. The molecule has 0 saturated carbocycles. The maximum Gasteiger partial charge on any atom is 0.337 e. The number of carbonyl (C=O) groups is 1. The van der Waals surface area contributed by atoms with Crippen molar-refractivity contribution in [3.05, 3.63) is 23.9 Å². The Labute approximate surface area is 96.4 Å². The summed E-state index contributed by atoms with van der Waals surface area (Å²) in [5, 5.41) is 11.7. The van der Waals surface area contributed by atoms with Crippen LogP contribution in [0.25, 0.3) is 0 Å². The maximum absolute atomic E-state index is 11.1. The van der Waals surface area contributed by atoms with Gasteiger partial charge in [-0.05, 0) is 19.1 Å².